The molecule has 2 aromatic rings. The van der Waals surface area contributed by atoms with Crippen molar-refractivity contribution in [2.75, 3.05) is 0 Å². The van der Waals surface area contributed by atoms with Crippen LogP contribution in [-0.4, -0.2) is 16.1 Å². The molecule has 0 amide bonds. The molecular weight excluding hydrogens is 283 g/mol. The molecule has 0 atom stereocenters. The Hall–Kier alpha value is -2.11. The highest BCUT2D eigenvalue weighted by Gasteiger charge is 2.38. The van der Waals surface area contributed by atoms with E-state index in [2.05, 4.69) is 4.98 Å². The number of halogens is 3. The van der Waals surface area contributed by atoms with Crippen molar-refractivity contribution >= 4 is 16.9 Å². The third kappa shape index (κ3) is 2.24. The molecule has 1 aromatic heterocycles. The Labute approximate surface area is 118 Å². The smallest absolute Gasteiger partial charge is 0.417 e. The molecule has 0 fully saturated rings. The van der Waals surface area contributed by atoms with Crippen LogP contribution in [0, 0.1) is 0 Å². The van der Waals surface area contributed by atoms with Crippen LogP contribution in [-0.2, 0) is 19.0 Å². The molecule has 1 N–H and O–H groups in total. The molecule has 110 valence electrons. The summed E-state index contributed by atoms with van der Waals surface area (Å²) in [6, 6.07) is 3.02. The van der Waals surface area contributed by atoms with Gasteiger partial charge in [-0.05, 0) is 36.8 Å². The first-order valence-corrected chi connectivity index (χ1v) is 6.63. The number of hydrogen-bond acceptors (Lipinski definition) is 2. The van der Waals surface area contributed by atoms with Gasteiger partial charge in [0, 0.05) is 11.6 Å². The van der Waals surface area contributed by atoms with Crippen LogP contribution in [0.5, 0.6) is 0 Å². The number of aromatic carboxylic acids is 1. The molecular formula is C15H12F3NO2. The van der Waals surface area contributed by atoms with Crippen LogP contribution in [0.2, 0.25) is 0 Å². The van der Waals surface area contributed by atoms with Crippen molar-refractivity contribution in [1.29, 1.82) is 0 Å². The van der Waals surface area contributed by atoms with E-state index in [1.54, 1.807) is 6.07 Å². The maximum Gasteiger partial charge on any atom is 0.417 e. The van der Waals surface area contributed by atoms with Crippen LogP contribution in [0.15, 0.2) is 18.3 Å². The quantitative estimate of drug-likeness (QED) is 0.869. The molecule has 1 aromatic carbocycles. The standard InChI is InChI=1S/C15H12F3NO2/c16-15(17,18)12-10-6-5-8-3-1-2-4-9(8)13(10)19-7-11(12)14(20)21/h5-7H,1-4H2,(H,20,21). The van der Waals surface area contributed by atoms with E-state index >= 15 is 0 Å². The average molecular weight is 295 g/mol. The normalized spacial score (nSPS) is 15.0. The molecule has 0 spiro atoms. The van der Waals surface area contributed by atoms with E-state index in [4.69, 9.17) is 5.11 Å². The van der Waals surface area contributed by atoms with E-state index in [1.807, 2.05) is 0 Å². The Kier molecular flexibility index (Phi) is 3.11. The van der Waals surface area contributed by atoms with E-state index < -0.39 is 23.3 Å². The van der Waals surface area contributed by atoms with Crippen molar-refractivity contribution in [3.8, 4) is 0 Å². The molecule has 0 bridgehead atoms. The molecule has 3 nitrogen and oxygen atoms in total. The highest BCUT2D eigenvalue weighted by atomic mass is 19.4. The topological polar surface area (TPSA) is 50.2 Å². The first-order valence-electron chi connectivity index (χ1n) is 6.63. The molecule has 1 aliphatic rings. The first kappa shape index (κ1) is 13.9. The lowest BCUT2D eigenvalue weighted by atomic mass is 9.88. The van der Waals surface area contributed by atoms with Gasteiger partial charge in [0.25, 0.3) is 0 Å². The van der Waals surface area contributed by atoms with Crippen molar-refractivity contribution < 1.29 is 23.1 Å². The minimum absolute atomic E-state index is 0.122. The molecule has 0 radical (unpaired) electrons. The second-order valence-electron chi connectivity index (χ2n) is 5.16. The summed E-state index contributed by atoms with van der Waals surface area (Å²) < 4.78 is 39.8. The van der Waals surface area contributed by atoms with Gasteiger partial charge in [-0.15, -0.1) is 0 Å². The van der Waals surface area contributed by atoms with Crippen LogP contribution in [0.1, 0.15) is 39.9 Å². The van der Waals surface area contributed by atoms with Crippen LogP contribution in [0.4, 0.5) is 13.2 Å². The number of fused-ring (bicyclic) bond motifs is 3. The lowest BCUT2D eigenvalue weighted by molar-refractivity contribution is -0.136. The number of carboxylic acid groups (broad SMARTS) is 1. The maximum atomic E-state index is 13.3. The SMILES string of the molecule is O=C(O)c1cnc2c3c(ccc2c1C(F)(F)F)CCCC3. The third-order valence-electron chi connectivity index (χ3n) is 3.88. The second kappa shape index (κ2) is 4.72. The zero-order valence-electron chi connectivity index (χ0n) is 11.0. The van der Waals surface area contributed by atoms with E-state index in [1.165, 1.54) is 6.07 Å². The number of pyridine rings is 1. The third-order valence-corrected chi connectivity index (χ3v) is 3.88. The zero-order chi connectivity index (χ0) is 15.2. The average Bonchev–Trinajstić information content (AvgIpc) is 2.44. The fraction of sp³-hybridized carbons (Fsp3) is 0.333. The number of nitrogens with zero attached hydrogens (tertiary/aromatic N) is 1. The summed E-state index contributed by atoms with van der Waals surface area (Å²) in [5, 5.41) is 8.86. The molecule has 21 heavy (non-hydrogen) atoms. The van der Waals surface area contributed by atoms with E-state index in [0.717, 1.165) is 36.6 Å². The number of aryl methyl sites for hydroxylation is 2. The van der Waals surface area contributed by atoms with Gasteiger partial charge < -0.3 is 5.11 Å². The Bertz CT molecular complexity index is 738. The maximum absolute atomic E-state index is 13.3. The van der Waals surface area contributed by atoms with Gasteiger partial charge in [-0.3, -0.25) is 4.98 Å². The predicted octanol–water partition coefficient (Wildman–Crippen LogP) is 3.83. The predicted molar refractivity (Wildman–Crippen MR) is 70.3 cm³/mol. The zero-order valence-corrected chi connectivity index (χ0v) is 11.0. The molecule has 0 unspecified atom stereocenters. The molecule has 1 aliphatic carbocycles. The summed E-state index contributed by atoms with van der Waals surface area (Å²) in [6.45, 7) is 0. The second-order valence-corrected chi connectivity index (χ2v) is 5.16. The molecule has 6 heteroatoms. The summed E-state index contributed by atoms with van der Waals surface area (Å²) in [6.07, 6.45) is -0.466. The summed E-state index contributed by atoms with van der Waals surface area (Å²) in [4.78, 5) is 15.1. The van der Waals surface area contributed by atoms with Crippen LogP contribution in [0.25, 0.3) is 10.9 Å². The largest absolute Gasteiger partial charge is 0.478 e. The van der Waals surface area contributed by atoms with E-state index in [9.17, 15) is 18.0 Å². The van der Waals surface area contributed by atoms with E-state index in [0.29, 0.717) is 6.42 Å². The van der Waals surface area contributed by atoms with Crippen molar-refractivity contribution in [2.24, 2.45) is 0 Å². The van der Waals surface area contributed by atoms with Crippen LogP contribution >= 0.6 is 0 Å². The highest BCUT2D eigenvalue weighted by molar-refractivity contribution is 5.97. The van der Waals surface area contributed by atoms with Gasteiger partial charge in [-0.2, -0.15) is 13.2 Å². The van der Waals surface area contributed by atoms with Gasteiger partial charge >= 0.3 is 12.1 Å². The van der Waals surface area contributed by atoms with E-state index in [-0.39, 0.29) is 10.9 Å². The summed E-state index contributed by atoms with van der Waals surface area (Å²) >= 11 is 0. The number of hydrogen-bond donors (Lipinski definition) is 1. The number of aromatic nitrogens is 1. The minimum atomic E-state index is -4.72. The van der Waals surface area contributed by atoms with Gasteiger partial charge in [-0.1, -0.05) is 12.1 Å². The lowest BCUT2D eigenvalue weighted by Gasteiger charge is -2.20. The Morgan fingerprint density at radius 2 is 1.90 bits per heavy atom. The number of carbonyl (C=O) groups is 1. The Morgan fingerprint density at radius 3 is 2.57 bits per heavy atom. The molecule has 0 saturated carbocycles. The van der Waals surface area contributed by atoms with Gasteiger partial charge in [0.05, 0.1) is 16.6 Å². The fourth-order valence-electron chi connectivity index (χ4n) is 2.96. The Morgan fingerprint density at radius 1 is 1.19 bits per heavy atom. The first-order chi connectivity index (χ1) is 9.89. The number of benzene rings is 1. The fourth-order valence-corrected chi connectivity index (χ4v) is 2.96. The number of rotatable bonds is 1. The van der Waals surface area contributed by atoms with Crippen molar-refractivity contribution in [2.45, 2.75) is 31.9 Å². The summed E-state index contributed by atoms with van der Waals surface area (Å²) in [5.74, 6) is -1.62. The van der Waals surface area contributed by atoms with Crippen LogP contribution in [0.3, 0.4) is 0 Å². The van der Waals surface area contributed by atoms with Gasteiger partial charge in [0.1, 0.15) is 0 Å². The van der Waals surface area contributed by atoms with Crippen molar-refractivity contribution in [3.63, 3.8) is 0 Å². The Balaban J connectivity index is 2.39. The lowest BCUT2D eigenvalue weighted by Crippen LogP contribution is -2.15. The van der Waals surface area contributed by atoms with Crippen molar-refractivity contribution in [3.05, 3.63) is 40.6 Å². The van der Waals surface area contributed by atoms with Gasteiger partial charge in [0.15, 0.2) is 0 Å². The highest BCUT2D eigenvalue weighted by Crippen LogP contribution is 2.39. The van der Waals surface area contributed by atoms with Crippen LogP contribution < -0.4 is 0 Å². The summed E-state index contributed by atoms with van der Waals surface area (Å²) in [5.41, 5.74) is 0.210. The number of carboxylic acids is 1. The molecule has 1 heterocycles. The number of alkyl halides is 3. The van der Waals surface area contributed by atoms with Gasteiger partial charge in [-0.25, -0.2) is 4.79 Å². The molecule has 3 rings (SSSR count). The van der Waals surface area contributed by atoms with Gasteiger partial charge in [0.2, 0.25) is 0 Å². The van der Waals surface area contributed by atoms with Crippen molar-refractivity contribution in [1.82, 2.24) is 4.98 Å². The molecule has 0 aliphatic heterocycles. The summed E-state index contributed by atoms with van der Waals surface area (Å²) in [7, 11) is 0. The molecule has 0 saturated heterocycles. The minimum Gasteiger partial charge on any atom is -0.478 e. The monoisotopic (exact) mass is 295 g/mol.